The highest BCUT2D eigenvalue weighted by molar-refractivity contribution is 7.91. The number of hydrogen-bond donors (Lipinski definition) is 0. The molecule has 3 nitrogen and oxygen atoms in total. The van der Waals surface area contributed by atoms with Crippen LogP contribution >= 0.6 is 0 Å². The molecular weight excluding hydrogens is 344 g/mol. The molecule has 0 N–H and O–H groups in total. The van der Waals surface area contributed by atoms with Crippen LogP contribution in [0.1, 0.15) is 0 Å². The summed E-state index contributed by atoms with van der Waals surface area (Å²) in [6.45, 7) is 0. The molecule has 0 saturated carbocycles. The maximum absolute atomic E-state index is 13.0. The van der Waals surface area contributed by atoms with Gasteiger partial charge in [-0.2, -0.15) is 0 Å². The summed E-state index contributed by atoms with van der Waals surface area (Å²) in [5.74, 6) is 0.937. The summed E-state index contributed by atoms with van der Waals surface area (Å²) >= 11 is 0. The smallest absolute Gasteiger partial charge is 0.210 e. The molecule has 0 fully saturated rings. The van der Waals surface area contributed by atoms with Gasteiger partial charge in [0.15, 0.2) is 0 Å². The Balaban J connectivity index is 1.82. The van der Waals surface area contributed by atoms with Crippen LogP contribution in [0.5, 0.6) is 11.5 Å². The molecule has 0 atom stereocenters. The van der Waals surface area contributed by atoms with Gasteiger partial charge in [-0.25, -0.2) is 8.42 Å². The van der Waals surface area contributed by atoms with Gasteiger partial charge in [-0.15, -0.1) is 0 Å². The summed E-state index contributed by atoms with van der Waals surface area (Å²) in [5, 5.41) is 1.97. The SMILES string of the molecule is O=S(=O)(c1ccccc1)c1ccccc1Oc1cccc2ccccc12. The van der Waals surface area contributed by atoms with E-state index < -0.39 is 9.84 Å². The van der Waals surface area contributed by atoms with E-state index in [9.17, 15) is 8.42 Å². The second-order valence-electron chi connectivity index (χ2n) is 5.84. The van der Waals surface area contributed by atoms with E-state index in [4.69, 9.17) is 4.74 Å². The minimum absolute atomic E-state index is 0.152. The summed E-state index contributed by atoms with van der Waals surface area (Å²) in [5.41, 5.74) is 0. The number of para-hydroxylation sites is 1. The highest BCUT2D eigenvalue weighted by Crippen LogP contribution is 2.35. The van der Waals surface area contributed by atoms with Crippen molar-refractivity contribution in [2.45, 2.75) is 9.79 Å². The van der Waals surface area contributed by atoms with Crippen molar-refractivity contribution in [2.75, 3.05) is 0 Å². The van der Waals surface area contributed by atoms with Crippen molar-refractivity contribution in [3.8, 4) is 11.5 Å². The Kier molecular flexibility index (Phi) is 4.19. The predicted molar refractivity (Wildman–Crippen MR) is 102 cm³/mol. The van der Waals surface area contributed by atoms with Gasteiger partial charge < -0.3 is 4.74 Å². The fourth-order valence-corrected chi connectivity index (χ4v) is 4.29. The topological polar surface area (TPSA) is 43.4 Å². The van der Waals surface area contributed by atoms with E-state index in [2.05, 4.69) is 0 Å². The normalized spacial score (nSPS) is 11.4. The van der Waals surface area contributed by atoms with Gasteiger partial charge in [0.05, 0.1) is 4.90 Å². The zero-order valence-corrected chi connectivity index (χ0v) is 14.7. The van der Waals surface area contributed by atoms with E-state index >= 15 is 0 Å². The van der Waals surface area contributed by atoms with Crippen LogP contribution in [0.15, 0.2) is 107 Å². The van der Waals surface area contributed by atoms with Crippen LogP contribution in [0.3, 0.4) is 0 Å². The number of sulfone groups is 1. The first-order valence-corrected chi connectivity index (χ1v) is 9.69. The van der Waals surface area contributed by atoms with E-state index in [0.29, 0.717) is 11.5 Å². The third-order valence-electron chi connectivity index (χ3n) is 4.16. The van der Waals surface area contributed by atoms with Gasteiger partial charge in [0.2, 0.25) is 9.84 Å². The molecule has 0 amide bonds. The van der Waals surface area contributed by atoms with Crippen LogP contribution in [0, 0.1) is 0 Å². The molecule has 4 heteroatoms. The standard InChI is InChI=1S/C22H16O3S/c23-26(24,18-11-2-1-3-12-18)22-16-7-6-14-21(22)25-20-15-8-10-17-9-4-5-13-19(17)20/h1-16H. The van der Waals surface area contributed by atoms with Crippen LogP contribution in [0.4, 0.5) is 0 Å². The van der Waals surface area contributed by atoms with Crippen molar-refractivity contribution in [1.82, 2.24) is 0 Å². The van der Waals surface area contributed by atoms with Crippen molar-refractivity contribution >= 4 is 20.6 Å². The summed E-state index contributed by atoms with van der Waals surface area (Å²) in [7, 11) is -3.67. The second-order valence-corrected chi connectivity index (χ2v) is 7.76. The maximum Gasteiger partial charge on any atom is 0.210 e. The molecule has 0 aromatic heterocycles. The molecule has 0 radical (unpaired) electrons. The molecule has 0 bridgehead atoms. The summed E-state index contributed by atoms with van der Waals surface area (Å²) < 4.78 is 32.1. The zero-order chi connectivity index (χ0) is 18.0. The molecule has 4 aromatic rings. The Morgan fingerprint density at radius 1 is 0.577 bits per heavy atom. The lowest BCUT2D eigenvalue weighted by Crippen LogP contribution is -2.04. The molecule has 0 aliphatic heterocycles. The maximum atomic E-state index is 13.0. The molecule has 26 heavy (non-hydrogen) atoms. The lowest BCUT2D eigenvalue weighted by atomic mass is 10.1. The monoisotopic (exact) mass is 360 g/mol. The molecule has 0 aliphatic rings. The van der Waals surface area contributed by atoms with Crippen molar-refractivity contribution < 1.29 is 13.2 Å². The first kappa shape index (κ1) is 16.4. The minimum Gasteiger partial charge on any atom is -0.455 e. The Hall–Kier alpha value is -3.11. The highest BCUT2D eigenvalue weighted by Gasteiger charge is 2.22. The molecule has 0 unspecified atom stereocenters. The average molecular weight is 360 g/mol. The van der Waals surface area contributed by atoms with Gasteiger partial charge in [0.1, 0.15) is 16.4 Å². The lowest BCUT2D eigenvalue weighted by molar-refractivity contribution is 0.472. The first-order valence-electron chi connectivity index (χ1n) is 8.21. The Labute approximate surface area is 152 Å². The molecular formula is C22H16O3S. The van der Waals surface area contributed by atoms with Gasteiger partial charge in [-0.05, 0) is 35.7 Å². The minimum atomic E-state index is -3.67. The fourth-order valence-electron chi connectivity index (χ4n) is 2.89. The number of rotatable bonds is 4. The number of ether oxygens (including phenoxy) is 1. The van der Waals surface area contributed by atoms with Crippen LogP contribution < -0.4 is 4.74 Å². The van der Waals surface area contributed by atoms with Gasteiger partial charge >= 0.3 is 0 Å². The Bertz CT molecular complexity index is 1160. The third-order valence-corrected chi connectivity index (χ3v) is 5.97. The van der Waals surface area contributed by atoms with Gasteiger partial charge in [0.25, 0.3) is 0 Å². The lowest BCUT2D eigenvalue weighted by Gasteiger charge is -2.13. The first-order chi connectivity index (χ1) is 12.7. The predicted octanol–water partition coefficient (Wildman–Crippen LogP) is 5.46. The van der Waals surface area contributed by atoms with Crippen molar-refractivity contribution in [1.29, 1.82) is 0 Å². The second kappa shape index (κ2) is 6.65. The summed E-state index contributed by atoms with van der Waals surface area (Å²) in [4.78, 5) is 0.396. The molecule has 128 valence electrons. The largest absolute Gasteiger partial charge is 0.455 e. The van der Waals surface area contributed by atoms with E-state index in [1.807, 2.05) is 42.5 Å². The van der Waals surface area contributed by atoms with Crippen LogP contribution in [-0.2, 0) is 9.84 Å². The van der Waals surface area contributed by atoms with Crippen LogP contribution in [0.25, 0.3) is 10.8 Å². The fraction of sp³-hybridized carbons (Fsp3) is 0. The number of fused-ring (bicyclic) bond motifs is 1. The molecule has 0 aliphatic carbocycles. The van der Waals surface area contributed by atoms with Gasteiger partial charge in [0, 0.05) is 5.39 Å². The Morgan fingerprint density at radius 3 is 2.04 bits per heavy atom. The Morgan fingerprint density at radius 2 is 1.19 bits per heavy atom. The number of hydrogen-bond acceptors (Lipinski definition) is 3. The summed E-state index contributed by atoms with van der Waals surface area (Å²) in [6, 6.07) is 28.7. The molecule has 0 spiro atoms. The molecule has 0 saturated heterocycles. The van der Waals surface area contributed by atoms with Crippen LogP contribution in [0.2, 0.25) is 0 Å². The zero-order valence-electron chi connectivity index (χ0n) is 13.9. The quantitative estimate of drug-likeness (QED) is 0.485. The van der Waals surface area contributed by atoms with E-state index in [-0.39, 0.29) is 9.79 Å². The third kappa shape index (κ3) is 2.95. The van der Waals surface area contributed by atoms with E-state index in [1.54, 1.807) is 54.6 Å². The molecule has 4 rings (SSSR count). The summed E-state index contributed by atoms with van der Waals surface area (Å²) in [6.07, 6.45) is 0. The number of benzene rings is 4. The average Bonchev–Trinajstić information content (AvgIpc) is 2.69. The van der Waals surface area contributed by atoms with Crippen molar-refractivity contribution in [2.24, 2.45) is 0 Å². The van der Waals surface area contributed by atoms with Gasteiger partial charge in [-0.1, -0.05) is 66.7 Å². The van der Waals surface area contributed by atoms with Gasteiger partial charge in [-0.3, -0.25) is 0 Å². The van der Waals surface area contributed by atoms with Crippen LogP contribution in [-0.4, -0.2) is 8.42 Å². The van der Waals surface area contributed by atoms with Crippen molar-refractivity contribution in [3.05, 3.63) is 97.1 Å². The molecule has 4 aromatic carbocycles. The highest BCUT2D eigenvalue weighted by atomic mass is 32.2. The van der Waals surface area contributed by atoms with E-state index in [0.717, 1.165) is 10.8 Å². The van der Waals surface area contributed by atoms with E-state index in [1.165, 1.54) is 0 Å². The molecule has 0 heterocycles. The van der Waals surface area contributed by atoms with Crippen molar-refractivity contribution in [3.63, 3.8) is 0 Å².